The van der Waals surface area contributed by atoms with Gasteiger partial charge in [0.25, 0.3) is 0 Å². The first-order valence-corrected chi connectivity index (χ1v) is 9.98. The Balaban J connectivity index is 2.64. The Morgan fingerprint density at radius 1 is 1.07 bits per heavy atom. The highest BCUT2D eigenvalue weighted by Crippen LogP contribution is 2.47. The third-order valence-electron chi connectivity index (χ3n) is 4.82. The maximum absolute atomic E-state index is 14.0. The summed E-state index contributed by atoms with van der Waals surface area (Å²) in [5, 5.41) is 11.0. The first kappa shape index (κ1) is 24.0. The largest absolute Gasteiger partial charge is 0.460 e. The predicted molar refractivity (Wildman–Crippen MR) is 108 cm³/mol. The molecule has 0 radical (unpaired) electrons. The minimum Gasteiger partial charge on any atom is -0.460 e. The Bertz CT molecular complexity index is 831. The van der Waals surface area contributed by atoms with E-state index in [-0.39, 0.29) is 5.56 Å². The third kappa shape index (κ3) is 5.65. The molecule has 30 heavy (non-hydrogen) atoms. The number of hydrogen-bond donors (Lipinski definition) is 1. The van der Waals surface area contributed by atoms with Gasteiger partial charge >= 0.3 is 11.9 Å². The van der Waals surface area contributed by atoms with Crippen molar-refractivity contribution in [3.63, 3.8) is 0 Å². The van der Waals surface area contributed by atoms with Crippen LogP contribution in [-0.4, -0.2) is 39.6 Å². The number of hydrogen-bond acceptors (Lipinski definition) is 6. The lowest BCUT2D eigenvalue weighted by atomic mass is 9.61. The Hall–Kier alpha value is -2.28. The van der Waals surface area contributed by atoms with Gasteiger partial charge in [0.2, 0.25) is 0 Å². The summed E-state index contributed by atoms with van der Waals surface area (Å²) in [6.07, 6.45) is -0.424. The van der Waals surface area contributed by atoms with Crippen LogP contribution in [-0.2, 0) is 23.9 Å². The number of carbonyl (C=O) groups is 3. The zero-order valence-electron chi connectivity index (χ0n) is 18.6. The van der Waals surface area contributed by atoms with Gasteiger partial charge in [0.1, 0.15) is 22.9 Å². The fourth-order valence-electron chi connectivity index (χ4n) is 3.86. The van der Waals surface area contributed by atoms with E-state index in [1.807, 2.05) is 0 Å². The normalized spacial score (nSPS) is 27.5. The molecule has 0 aliphatic heterocycles. The van der Waals surface area contributed by atoms with E-state index < -0.39 is 64.5 Å². The summed E-state index contributed by atoms with van der Waals surface area (Å²) in [6, 6.07) is 5.33. The number of esters is 2. The zero-order valence-corrected chi connectivity index (χ0v) is 18.6. The summed E-state index contributed by atoms with van der Waals surface area (Å²) in [5.41, 5.74) is -3.27. The van der Waals surface area contributed by atoms with Crippen molar-refractivity contribution in [3.8, 4) is 0 Å². The van der Waals surface area contributed by atoms with Crippen molar-refractivity contribution in [2.24, 2.45) is 11.8 Å². The molecule has 0 bridgehead atoms. The number of benzene rings is 1. The molecular formula is C23H31FO6. The Kier molecular flexibility index (Phi) is 6.48. The van der Waals surface area contributed by atoms with Crippen molar-refractivity contribution in [1.29, 1.82) is 0 Å². The summed E-state index contributed by atoms with van der Waals surface area (Å²) in [7, 11) is 0. The highest BCUT2D eigenvalue weighted by atomic mass is 19.1. The van der Waals surface area contributed by atoms with E-state index in [1.165, 1.54) is 25.1 Å². The summed E-state index contributed by atoms with van der Waals surface area (Å²) in [6.45, 7) is 11.4. The van der Waals surface area contributed by atoms with E-state index in [4.69, 9.17) is 9.47 Å². The minimum absolute atomic E-state index is 0.245. The third-order valence-corrected chi connectivity index (χ3v) is 4.82. The molecule has 0 aromatic heterocycles. The van der Waals surface area contributed by atoms with Gasteiger partial charge in [-0.1, -0.05) is 12.1 Å². The smallest absolute Gasteiger partial charge is 0.317 e. The van der Waals surface area contributed by atoms with Crippen LogP contribution >= 0.6 is 0 Å². The number of rotatable bonds is 3. The van der Waals surface area contributed by atoms with Crippen LogP contribution < -0.4 is 0 Å². The number of carbonyl (C=O) groups excluding carboxylic acids is 3. The van der Waals surface area contributed by atoms with Gasteiger partial charge in [-0.3, -0.25) is 14.4 Å². The van der Waals surface area contributed by atoms with Crippen LogP contribution in [0.4, 0.5) is 4.39 Å². The van der Waals surface area contributed by atoms with Gasteiger partial charge in [-0.15, -0.1) is 0 Å². The molecule has 7 heteroatoms. The van der Waals surface area contributed by atoms with Crippen molar-refractivity contribution in [2.45, 2.75) is 77.6 Å². The maximum atomic E-state index is 14.0. The van der Waals surface area contributed by atoms with E-state index in [0.29, 0.717) is 0 Å². The number of ether oxygens (including phenoxy) is 2. The minimum atomic E-state index is -1.78. The lowest BCUT2D eigenvalue weighted by Gasteiger charge is -2.44. The van der Waals surface area contributed by atoms with Crippen molar-refractivity contribution >= 4 is 17.7 Å². The monoisotopic (exact) mass is 422 g/mol. The Labute approximate surface area is 176 Å². The van der Waals surface area contributed by atoms with E-state index in [9.17, 15) is 23.9 Å². The molecule has 1 aliphatic carbocycles. The molecular weight excluding hydrogens is 391 g/mol. The molecule has 4 atom stereocenters. The van der Waals surface area contributed by atoms with Crippen molar-refractivity contribution in [2.75, 3.05) is 0 Å². The molecule has 1 aliphatic rings. The number of Topliss-reactive ketones (excluding diaryl/α,β-unsaturated/α-hetero) is 1. The van der Waals surface area contributed by atoms with Crippen molar-refractivity contribution in [1.82, 2.24) is 0 Å². The molecule has 0 saturated heterocycles. The van der Waals surface area contributed by atoms with Crippen molar-refractivity contribution < 1.29 is 33.4 Å². The quantitative estimate of drug-likeness (QED) is 0.592. The van der Waals surface area contributed by atoms with Gasteiger partial charge in [-0.05, 0) is 66.2 Å². The highest BCUT2D eigenvalue weighted by Gasteiger charge is 2.57. The van der Waals surface area contributed by atoms with Crippen LogP contribution in [0.3, 0.4) is 0 Å². The first-order valence-electron chi connectivity index (χ1n) is 9.98. The molecule has 1 N–H and O–H groups in total. The molecule has 0 amide bonds. The zero-order chi connectivity index (χ0) is 23.1. The maximum Gasteiger partial charge on any atom is 0.317 e. The van der Waals surface area contributed by atoms with E-state index in [2.05, 4.69) is 0 Å². The van der Waals surface area contributed by atoms with Crippen LogP contribution in [0.5, 0.6) is 0 Å². The van der Waals surface area contributed by atoms with Gasteiger partial charge in [-0.2, -0.15) is 0 Å². The summed E-state index contributed by atoms with van der Waals surface area (Å²) < 4.78 is 25.0. The second-order valence-electron chi connectivity index (χ2n) is 10.1. The van der Waals surface area contributed by atoms with Crippen LogP contribution in [0.25, 0.3) is 0 Å². The Morgan fingerprint density at radius 2 is 1.60 bits per heavy atom. The molecule has 2 rings (SSSR count). The summed E-state index contributed by atoms with van der Waals surface area (Å²) in [5.74, 6) is -6.51. The number of halogens is 1. The number of aliphatic hydroxyl groups is 1. The van der Waals surface area contributed by atoms with Crippen LogP contribution in [0, 0.1) is 17.7 Å². The van der Waals surface area contributed by atoms with Crippen LogP contribution in [0.1, 0.15) is 66.4 Å². The van der Waals surface area contributed by atoms with Gasteiger partial charge in [-0.25, -0.2) is 4.39 Å². The molecule has 0 spiro atoms. The lowest BCUT2D eigenvalue weighted by Crippen LogP contribution is -2.56. The van der Waals surface area contributed by atoms with E-state index in [1.54, 1.807) is 41.5 Å². The SMILES string of the molecule is CC(C)(C)OC(=O)[C@@H]1C(=O)C[C@](C)(O)[C@H](C(=O)OC(C)(C)C)[C@@H]1c1cccc(F)c1. The van der Waals surface area contributed by atoms with Crippen LogP contribution in [0.2, 0.25) is 0 Å². The molecule has 1 saturated carbocycles. The van der Waals surface area contributed by atoms with Gasteiger partial charge in [0.05, 0.1) is 11.5 Å². The van der Waals surface area contributed by atoms with Gasteiger partial charge in [0.15, 0.2) is 5.78 Å². The molecule has 1 aromatic rings. The fourth-order valence-corrected chi connectivity index (χ4v) is 3.86. The lowest BCUT2D eigenvalue weighted by molar-refractivity contribution is -0.182. The highest BCUT2D eigenvalue weighted by molar-refractivity contribution is 6.03. The molecule has 0 heterocycles. The molecule has 1 fully saturated rings. The topological polar surface area (TPSA) is 89.9 Å². The first-order chi connectivity index (χ1) is 13.5. The molecule has 0 unspecified atom stereocenters. The van der Waals surface area contributed by atoms with E-state index >= 15 is 0 Å². The predicted octanol–water partition coefficient (Wildman–Crippen LogP) is 3.55. The molecule has 166 valence electrons. The number of ketones is 1. The summed E-state index contributed by atoms with van der Waals surface area (Å²) in [4.78, 5) is 39.1. The average Bonchev–Trinajstić information content (AvgIpc) is 2.49. The molecule has 1 aromatic carbocycles. The van der Waals surface area contributed by atoms with Gasteiger partial charge < -0.3 is 14.6 Å². The summed E-state index contributed by atoms with van der Waals surface area (Å²) >= 11 is 0. The fraction of sp³-hybridized carbons (Fsp3) is 0.609. The average molecular weight is 422 g/mol. The molecule has 6 nitrogen and oxygen atoms in total. The standard InChI is InChI=1S/C23H31FO6/c1-21(2,3)29-19(26)17-15(25)12-23(7,28)18(20(27)30-22(4,5)6)16(17)13-9-8-10-14(24)11-13/h8-11,16-18,28H,12H2,1-7H3/t16-,17-,18+,23+/m1/s1. The Morgan fingerprint density at radius 3 is 2.10 bits per heavy atom. The van der Waals surface area contributed by atoms with Crippen LogP contribution in [0.15, 0.2) is 24.3 Å². The second-order valence-corrected chi connectivity index (χ2v) is 10.1. The van der Waals surface area contributed by atoms with Crippen molar-refractivity contribution in [3.05, 3.63) is 35.6 Å². The van der Waals surface area contributed by atoms with E-state index in [0.717, 1.165) is 6.07 Å². The van der Waals surface area contributed by atoms with Gasteiger partial charge in [0, 0.05) is 12.3 Å². The second kappa shape index (κ2) is 8.10.